The number of halogens is 1. The van der Waals surface area contributed by atoms with Crippen molar-refractivity contribution in [3.63, 3.8) is 0 Å². The van der Waals surface area contributed by atoms with Crippen molar-refractivity contribution in [1.29, 1.82) is 0 Å². The van der Waals surface area contributed by atoms with Gasteiger partial charge in [-0.3, -0.25) is 4.79 Å². The molecule has 0 N–H and O–H groups in total. The quantitative estimate of drug-likeness (QED) is 0.129. The molecule has 1 unspecified atom stereocenters. The molecule has 4 nitrogen and oxygen atoms in total. The Morgan fingerprint density at radius 3 is 2.13 bits per heavy atom. The molecule has 31 heavy (non-hydrogen) atoms. The van der Waals surface area contributed by atoms with Gasteiger partial charge in [0.2, 0.25) is 0 Å². The van der Waals surface area contributed by atoms with Crippen LogP contribution >= 0.6 is 27.7 Å². The van der Waals surface area contributed by atoms with Gasteiger partial charge in [0.1, 0.15) is 0 Å². The van der Waals surface area contributed by atoms with Gasteiger partial charge >= 0.3 is 5.97 Å². The first-order chi connectivity index (χ1) is 15.1. The molecule has 0 aliphatic carbocycles. The molecule has 0 saturated carbocycles. The minimum Gasteiger partial charge on any atom is -0.449 e. The van der Waals surface area contributed by atoms with Crippen LogP contribution in [-0.4, -0.2) is 17.2 Å². The van der Waals surface area contributed by atoms with Crippen LogP contribution in [0.3, 0.4) is 0 Å². The molecule has 0 radical (unpaired) electrons. The largest absolute Gasteiger partial charge is 0.449 e. The number of carbonyl (C=O) groups excluding carboxylic acids is 1. The predicted octanol–water partition coefficient (Wildman–Crippen LogP) is 8.49. The van der Waals surface area contributed by atoms with Gasteiger partial charge in [0.05, 0.1) is 6.20 Å². The summed E-state index contributed by atoms with van der Waals surface area (Å²) in [6, 6.07) is 7.74. The van der Waals surface area contributed by atoms with E-state index in [0.717, 1.165) is 22.9 Å². The molecule has 1 aromatic heterocycles. The number of unbranched alkanes of at least 4 members (excludes halogenated alkanes) is 10. The van der Waals surface area contributed by atoms with E-state index in [2.05, 4.69) is 27.8 Å². The highest BCUT2D eigenvalue weighted by atomic mass is 79.9. The number of benzene rings is 1. The summed E-state index contributed by atoms with van der Waals surface area (Å²) in [7, 11) is 0. The fraction of sp³-hybridized carbons (Fsp3) is 0.600. The second-order valence-electron chi connectivity index (χ2n) is 7.94. The fourth-order valence-electron chi connectivity index (χ4n) is 3.54. The van der Waals surface area contributed by atoms with Gasteiger partial charge in [0.15, 0.2) is 11.9 Å². The fourth-order valence-corrected chi connectivity index (χ4v) is 4.14. The van der Waals surface area contributed by atoms with Crippen molar-refractivity contribution in [2.24, 2.45) is 0 Å². The Balaban J connectivity index is 1.71. The summed E-state index contributed by atoms with van der Waals surface area (Å²) >= 11 is 4.88. The zero-order chi connectivity index (χ0) is 22.3. The van der Waals surface area contributed by atoms with Gasteiger partial charge in [0, 0.05) is 16.5 Å². The van der Waals surface area contributed by atoms with Crippen LogP contribution in [0, 0.1) is 0 Å². The van der Waals surface area contributed by atoms with E-state index < -0.39 is 6.10 Å². The lowest BCUT2D eigenvalue weighted by atomic mass is 10.1. The van der Waals surface area contributed by atoms with Crippen LogP contribution in [0.2, 0.25) is 0 Å². The third-order valence-electron chi connectivity index (χ3n) is 5.34. The maximum Gasteiger partial charge on any atom is 0.306 e. The molecular weight excluding hydrogens is 474 g/mol. The van der Waals surface area contributed by atoms with E-state index >= 15 is 0 Å². The third kappa shape index (κ3) is 10.3. The highest BCUT2D eigenvalue weighted by molar-refractivity contribution is 9.10. The molecule has 172 valence electrons. The topological polar surface area (TPSA) is 52.3 Å². The summed E-state index contributed by atoms with van der Waals surface area (Å²) in [5, 5.41) is 0.568. The third-order valence-corrected chi connectivity index (χ3v) is 6.41. The SMILES string of the molecule is CCCCCCCCCCCCCC(=O)OC(c1ccc(Br)cc1)c1cnc(SC)o1. The lowest BCUT2D eigenvalue weighted by Gasteiger charge is -2.16. The first-order valence-corrected chi connectivity index (χ1v) is 13.6. The molecule has 1 atom stereocenters. The predicted molar refractivity (Wildman–Crippen MR) is 131 cm³/mol. The number of ether oxygens (including phenoxy) is 1. The van der Waals surface area contributed by atoms with Crippen LogP contribution in [0.15, 0.2) is 44.6 Å². The molecule has 0 aliphatic heterocycles. The van der Waals surface area contributed by atoms with E-state index in [1.165, 1.54) is 69.5 Å². The number of carbonyl (C=O) groups is 1. The minimum absolute atomic E-state index is 0.189. The molecule has 0 aliphatic rings. The summed E-state index contributed by atoms with van der Waals surface area (Å²) in [4.78, 5) is 16.7. The molecule has 0 amide bonds. The van der Waals surface area contributed by atoms with Crippen LogP contribution in [-0.2, 0) is 9.53 Å². The van der Waals surface area contributed by atoms with Gasteiger partial charge in [-0.15, -0.1) is 0 Å². The maximum absolute atomic E-state index is 12.5. The summed E-state index contributed by atoms with van der Waals surface area (Å²) in [6.45, 7) is 2.26. The highest BCUT2D eigenvalue weighted by Gasteiger charge is 2.23. The minimum atomic E-state index is -0.568. The smallest absolute Gasteiger partial charge is 0.306 e. The Bertz CT molecular complexity index is 747. The Morgan fingerprint density at radius 2 is 1.58 bits per heavy atom. The standard InChI is InChI=1S/C25H36BrNO3S/c1-3-4-5-6-7-8-9-10-11-12-13-14-23(28)30-24(20-15-17-21(26)18-16-20)22-19-27-25(29-22)31-2/h15-19,24H,3-14H2,1-2H3. The van der Waals surface area contributed by atoms with Crippen LogP contribution in [0.25, 0.3) is 0 Å². The second-order valence-corrected chi connectivity index (χ2v) is 9.61. The van der Waals surface area contributed by atoms with Crippen molar-refractivity contribution in [3.05, 3.63) is 46.3 Å². The molecular formula is C25H36BrNO3S. The van der Waals surface area contributed by atoms with Gasteiger partial charge in [-0.05, 0) is 24.8 Å². The molecule has 0 saturated heterocycles. The van der Waals surface area contributed by atoms with E-state index in [1.807, 2.05) is 30.5 Å². The first-order valence-electron chi connectivity index (χ1n) is 11.6. The van der Waals surface area contributed by atoms with Gasteiger partial charge in [0.25, 0.3) is 5.22 Å². The molecule has 0 fully saturated rings. The summed E-state index contributed by atoms with van der Waals surface area (Å²) in [5.41, 5.74) is 0.874. The van der Waals surface area contributed by atoms with E-state index in [-0.39, 0.29) is 5.97 Å². The Hall–Kier alpha value is -1.27. The van der Waals surface area contributed by atoms with Crippen LogP contribution in [0.5, 0.6) is 0 Å². The molecule has 6 heteroatoms. The zero-order valence-corrected chi connectivity index (χ0v) is 21.3. The first kappa shape index (κ1) is 26.0. The van der Waals surface area contributed by atoms with Gasteiger partial charge < -0.3 is 9.15 Å². The van der Waals surface area contributed by atoms with Crippen molar-refractivity contribution in [2.75, 3.05) is 6.26 Å². The van der Waals surface area contributed by atoms with Crippen LogP contribution < -0.4 is 0 Å². The van der Waals surface area contributed by atoms with Crippen molar-refractivity contribution in [3.8, 4) is 0 Å². The highest BCUT2D eigenvalue weighted by Crippen LogP contribution is 2.30. The van der Waals surface area contributed by atoms with E-state index in [9.17, 15) is 4.79 Å². The van der Waals surface area contributed by atoms with E-state index in [4.69, 9.17) is 9.15 Å². The van der Waals surface area contributed by atoms with E-state index in [1.54, 1.807) is 6.20 Å². The molecule has 2 rings (SSSR count). The number of oxazole rings is 1. The van der Waals surface area contributed by atoms with Crippen molar-refractivity contribution in [1.82, 2.24) is 4.98 Å². The molecule has 2 aromatic rings. The van der Waals surface area contributed by atoms with Crippen molar-refractivity contribution < 1.29 is 13.9 Å². The summed E-state index contributed by atoms with van der Waals surface area (Å²) in [6.07, 6.45) is 17.3. The maximum atomic E-state index is 12.5. The normalized spacial score (nSPS) is 12.1. The summed E-state index contributed by atoms with van der Waals surface area (Å²) in [5.74, 6) is 0.366. The number of aromatic nitrogens is 1. The lowest BCUT2D eigenvalue weighted by molar-refractivity contribution is -0.148. The van der Waals surface area contributed by atoms with Gasteiger partial charge in [-0.2, -0.15) is 0 Å². The zero-order valence-electron chi connectivity index (χ0n) is 18.9. The molecule has 1 heterocycles. The van der Waals surface area contributed by atoms with E-state index in [0.29, 0.717) is 17.4 Å². The van der Waals surface area contributed by atoms with Crippen molar-refractivity contribution in [2.45, 2.75) is 95.3 Å². The average molecular weight is 511 g/mol. The Morgan fingerprint density at radius 1 is 1.00 bits per heavy atom. The number of hydrogen-bond donors (Lipinski definition) is 0. The molecule has 0 spiro atoms. The van der Waals surface area contributed by atoms with Gasteiger partial charge in [-0.1, -0.05) is 111 Å². The average Bonchev–Trinajstić information content (AvgIpc) is 3.25. The number of esters is 1. The second kappa shape index (κ2) is 15.5. The molecule has 1 aromatic carbocycles. The van der Waals surface area contributed by atoms with Crippen LogP contribution in [0.1, 0.15) is 101 Å². The van der Waals surface area contributed by atoms with Crippen molar-refractivity contribution >= 4 is 33.7 Å². The van der Waals surface area contributed by atoms with Gasteiger partial charge in [-0.25, -0.2) is 4.98 Å². The monoisotopic (exact) mass is 509 g/mol. The van der Waals surface area contributed by atoms with Crippen LogP contribution in [0.4, 0.5) is 0 Å². The number of nitrogens with zero attached hydrogens (tertiary/aromatic N) is 1. The number of thioether (sulfide) groups is 1. The molecule has 0 bridgehead atoms. The Labute approximate surface area is 200 Å². The number of rotatable bonds is 16. The Kier molecular flexibility index (Phi) is 13.0. The lowest BCUT2D eigenvalue weighted by Crippen LogP contribution is -2.12. The summed E-state index contributed by atoms with van der Waals surface area (Å²) < 4.78 is 12.5. The number of hydrogen-bond acceptors (Lipinski definition) is 5.